The maximum Gasteiger partial charge on any atom is 0.335 e. The van der Waals surface area contributed by atoms with Crippen molar-refractivity contribution in [1.82, 2.24) is 4.90 Å². The van der Waals surface area contributed by atoms with Crippen molar-refractivity contribution < 1.29 is 40.2 Å². The van der Waals surface area contributed by atoms with E-state index in [0.29, 0.717) is 24.9 Å². The van der Waals surface area contributed by atoms with Crippen molar-refractivity contribution in [1.29, 1.82) is 0 Å². The Kier molecular flexibility index (Phi) is 4.68. The minimum absolute atomic E-state index is 0.195. The number of carboxylic acids is 1. The molecule has 6 atom stereocenters. The van der Waals surface area contributed by atoms with E-state index in [4.69, 9.17) is 4.74 Å². The summed E-state index contributed by atoms with van der Waals surface area (Å²) in [7, 11) is 0. The number of aliphatic hydroxyl groups excluding tert-OH is 3. The first-order valence-electron chi connectivity index (χ1n) is 10.1. The Morgan fingerprint density at radius 1 is 1.00 bits per heavy atom. The number of rotatable bonds is 2. The molecule has 2 aromatic carbocycles. The van der Waals surface area contributed by atoms with E-state index in [0.717, 1.165) is 22.3 Å². The van der Waals surface area contributed by atoms with Gasteiger partial charge in [-0.05, 0) is 41.2 Å². The fourth-order valence-corrected chi connectivity index (χ4v) is 5.18. The molecule has 2 aromatic rings. The zero-order valence-corrected chi connectivity index (χ0v) is 16.4. The Balaban J connectivity index is 1.59. The molecule has 0 aromatic heterocycles. The number of hydrogen-bond acceptors (Lipinski definition) is 8. The molecule has 2 aliphatic heterocycles. The van der Waals surface area contributed by atoms with Crippen LogP contribution in [0.2, 0.25) is 0 Å². The maximum absolute atomic E-state index is 11.5. The maximum atomic E-state index is 11.5. The molecular formula is C22H23NO8. The first kappa shape index (κ1) is 20.2. The quantitative estimate of drug-likeness (QED) is 0.366. The average Bonchev–Trinajstić information content (AvgIpc) is 2.75. The molecule has 0 amide bonds. The zero-order chi connectivity index (χ0) is 22.0. The number of aliphatic hydroxyl groups is 3. The number of aliphatic carboxylic acids is 1. The summed E-state index contributed by atoms with van der Waals surface area (Å²) in [6.45, 7) is 0.442. The molecule has 1 saturated heterocycles. The molecule has 0 saturated carbocycles. The van der Waals surface area contributed by atoms with Crippen molar-refractivity contribution in [2.75, 3.05) is 6.54 Å². The smallest absolute Gasteiger partial charge is 0.335 e. The number of nitrogens with zero attached hydrogens (tertiary/aromatic N) is 1. The van der Waals surface area contributed by atoms with Crippen molar-refractivity contribution in [3.05, 3.63) is 47.0 Å². The molecule has 5 rings (SSSR count). The number of benzene rings is 2. The highest BCUT2D eigenvalue weighted by Gasteiger charge is 2.51. The van der Waals surface area contributed by atoms with E-state index in [-0.39, 0.29) is 17.5 Å². The van der Waals surface area contributed by atoms with Gasteiger partial charge < -0.3 is 35.4 Å². The Morgan fingerprint density at radius 2 is 1.77 bits per heavy atom. The third-order valence-corrected chi connectivity index (χ3v) is 6.65. The fourth-order valence-electron chi connectivity index (χ4n) is 5.18. The first-order chi connectivity index (χ1) is 14.8. The molecule has 1 fully saturated rings. The van der Waals surface area contributed by atoms with Gasteiger partial charge in [-0.25, -0.2) is 4.79 Å². The molecule has 0 radical (unpaired) electrons. The molecule has 0 bridgehead atoms. The van der Waals surface area contributed by atoms with Gasteiger partial charge in [0.05, 0.1) is 0 Å². The summed E-state index contributed by atoms with van der Waals surface area (Å²) < 4.78 is 5.60. The van der Waals surface area contributed by atoms with Crippen LogP contribution in [0.5, 0.6) is 11.5 Å². The molecule has 164 valence electrons. The van der Waals surface area contributed by atoms with Gasteiger partial charge in [-0.1, -0.05) is 24.3 Å². The van der Waals surface area contributed by atoms with Crippen molar-refractivity contribution in [3.8, 4) is 22.6 Å². The van der Waals surface area contributed by atoms with Gasteiger partial charge >= 0.3 is 5.97 Å². The summed E-state index contributed by atoms with van der Waals surface area (Å²) in [5.41, 5.74) is 4.05. The molecule has 3 aliphatic rings. The van der Waals surface area contributed by atoms with Crippen molar-refractivity contribution in [2.45, 2.75) is 49.5 Å². The largest absolute Gasteiger partial charge is 0.504 e. The van der Waals surface area contributed by atoms with Crippen LogP contribution in [-0.4, -0.2) is 78.7 Å². The molecule has 2 heterocycles. The lowest BCUT2D eigenvalue weighted by Crippen LogP contribution is -2.65. The second kappa shape index (κ2) is 7.18. The molecule has 9 heteroatoms. The van der Waals surface area contributed by atoms with Gasteiger partial charge in [-0.15, -0.1) is 0 Å². The fraction of sp³-hybridized carbons (Fsp3) is 0.409. The molecular weight excluding hydrogens is 406 g/mol. The Hall–Kier alpha value is -2.69. The number of carbonyl (C=O) groups is 1. The van der Waals surface area contributed by atoms with Crippen LogP contribution in [0.15, 0.2) is 30.3 Å². The highest BCUT2D eigenvalue weighted by Crippen LogP contribution is 2.51. The van der Waals surface area contributed by atoms with E-state index < -0.39 is 36.6 Å². The van der Waals surface area contributed by atoms with Gasteiger partial charge in [0.15, 0.2) is 17.6 Å². The Labute approximate surface area is 177 Å². The number of fused-ring (bicyclic) bond motifs is 2. The lowest BCUT2D eigenvalue weighted by atomic mass is 9.76. The van der Waals surface area contributed by atoms with Gasteiger partial charge in [0.2, 0.25) is 0 Å². The van der Waals surface area contributed by atoms with Crippen LogP contribution >= 0.6 is 0 Å². The number of ether oxygens (including phenoxy) is 1. The summed E-state index contributed by atoms with van der Waals surface area (Å²) in [5.74, 6) is -1.83. The third kappa shape index (κ3) is 2.93. The van der Waals surface area contributed by atoms with E-state index in [1.165, 1.54) is 6.07 Å². The van der Waals surface area contributed by atoms with E-state index in [2.05, 4.69) is 0 Å². The summed E-state index contributed by atoms with van der Waals surface area (Å²) in [4.78, 5) is 13.4. The molecule has 1 aliphatic carbocycles. The van der Waals surface area contributed by atoms with Crippen LogP contribution < -0.4 is 0 Å². The molecule has 6 N–H and O–H groups in total. The Bertz CT molecular complexity index is 1060. The van der Waals surface area contributed by atoms with Crippen LogP contribution in [0.3, 0.4) is 0 Å². The van der Waals surface area contributed by atoms with Crippen LogP contribution in [0.4, 0.5) is 0 Å². The number of phenolic OH excluding ortho intramolecular Hbond substituents is 2. The van der Waals surface area contributed by atoms with E-state index in [9.17, 15) is 35.4 Å². The highest BCUT2D eigenvalue weighted by molar-refractivity contribution is 5.82. The number of phenols is 2. The standard InChI is InChI=1S/C22H23NO8/c24-13-5-4-10-8-12-14-9(2-1-3-11(14)15(10)16(13)25)6-7-23(12)21-19(28)17(26)18(27)20(31-21)22(29)30/h1-5,12,17-21,24-28H,6-8H2,(H,29,30)/t12-,17-,18-,19+,20-,21?/m1/s1. The van der Waals surface area contributed by atoms with E-state index in [1.807, 2.05) is 23.1 Å². The molecule has 0 spiro atoms. The lowest BCUT2D eigenvalue weighted by Gasteiger charge is -2.49. The third-order valence-electron chi connectivity index (χ3n) is 6.65. The average molecular weight is 429 g/mol. The van der Waals surface area contributed by atoms with Gasteiger partial charge in [-0.3, -0.25) is 4.90 Å². The Morgan fingerprint density at radius 3 is 2.52 bits per heavy atom. The molecule has 9 nitrogen and oxygen atoms in total. The SMILES string of the molecule is O=C(O)[C@@H]1OC(N2CCc3cccc4c3[C@H]2Cc2ccc(O)c(O)c2-4)[C@@H](O)[C@H](O)[C@H]1O. The lowest BCUT2D eigenvalue weighted by molar-refractivity contribution is -0.265. The second-order valence-corrected chi connectivity index (χ2v) is 8.31. The molecule has 31 heavy (non-hydrogen) atoms. The van der Waals surface area contributed by atoms with Gasteiger partial charge in [-0.2, -0.15) is 0 Å². The van der Waals surface area contributed by atoms with Gasteiger partial charge in [0, 0.05) is 18.2 Å². The van der Waals surface area contributed by atoms with Gasteiger partial charge in [0.1, 0.15) is 24.5 Å². The second-order valence-electron chi connectivity index (χ2n) is 8.31. The van der Waals surface area contributed by atoms with Crippen molar-refractivity contribution >= 4 is 5.97 Å². The topological polar surface area (TPSA) is 151 Å². The zero-order valence-electron chi connectivity index (χ0n) is 16.4. The van der Waals surface area contributed by atoms with Crippen LogP contribution in [0.25, 0.3) is 11.1 Å². The first-order valence-corrected chi connectivity index (χ1v) is 10.1. The normalized spacial score (nSPS) is 32.2. The van der Waals surface area contributed by atoms with Crippen molar-refractivity contribution in [3.63, 3.8) is 0 Å². The van der Waals surface area contributed by atoms with Crippen LogP contribution in [-0.2, 0) is 22.4 Å². The highest BCUT2D eigenvalue weighted by atomic mass is 16.6. The van der Waals surface area contributed by atoms with Crippen LogP contribution in [0.1, 0.15) is 22.7 Å². The minimum atomic E-state index is -1.75. The summed E-state index contributed by atoms with van der Waals surface area (Å²) in [6.07, 6.45) is -6.73. The predicted octanol–water partition coefficient (Wildman–Crippen LogP) is 0.112. The minimum Gasteiger partial charge on any atom is -0.504 e. The van der Waals surface area contributed by atoms with E-state index in [1.54, 1.807) is 6.07 Å². The number of aromatic hydroxyl groups is 2. The summed E-state index contributed by atoms with van der Waals surface area (Å²) in [6, 6.07) is 8.54. The van der Waals surface area contributed by atoms with E-state index >= 15 is 0 Å². The number of carboxylic acid groups (broad SMARTS) is 1. The summed E-state index contributed by atoms with van der Waals surface area (Å²) >= 11 is 0. The van der Waals surface area contributed by atoms with Crippen LogP contribution in [0, 0.1) is 0 Å². The molecule has 1 unspecified atom stereocenters. The van der Waals surface area contributed by atoms with Crippen molar-refractivity contribution in [2.24, 2.45) is 0 Å². The number of hydrogen-bond donors (Lipinski definition) is 6. The predicted molar refractivity (Wildman–Crippen MR) is 106 cm³/mol. The summed E-state index contributed by atoms with van der Waals surface area (Å²) in [5, 5.41) is 60.9. The monoisotopic (exact) mass is 429 g/mol. The van der Waals surface area contributed by atoms with Gasteiger partial charge in [0.25, 0.3) is 0 Å².